The summed E-state index contributed by atoms with van der Waals surface area (Å²) in [6.45, 7) is 1.80. The molecular formula is C13H14N6OS. The van der Waals surface area contributed by atoms with Crippen molar-refractivity contribution in [3.05, 3.63) is 29.8 Å². The van der Waals surface area contributed by atoms with Gasteiger partial charge in [-0.15, -0.1) is 10.2 Å². The normalized spacial score (nSPS) is 15.0. The standard InChI is InChI=1S/C13H14N6OS/c1-18-11-3-2-5-19(8-9(11)7-14-18)13-16-15-12(21-13)10-4-6-20-17-10/h4,6-7H,2-3,5,8H2,1H3. The fraction of sp³-hybridized carbons (Fsp3) is 0.385. The Balaban J connectivity index is 1.62. The molecule has 0 aliphatic carbocycles. The van der Waals surface area contributed by atoms with E-state index in [-0.39, 0.29) is 0 Å². The molecule has 3 aromatic heterocycles. The number of hydrogen-bond acceptors (Lipinski definition) is 7. The van der Waals surface area contributed by atoms with Crippen LogP contribution in [0.5, 0.6) is 0 Å². The number of aryl methyl sites for hydroxylation is 1. The van der Waals surface area contributed by atoms with Gasteiger partial charge >= 0.3 is 0 Å². The molecular weight excluding hydrogens is 288 g/mol. The van der Waals surface area contributed by atoms with Crippen LogP contribution in [0.15, 0.2) is 23.0 Å². The van der Waals surface area contributed by atoms with Crippen LogP contribution < -0.4 is 4.90 Å². The van der Waals surface area contributed by atoms with Gasteiger partial charge in [0.2, 0.25) is 5.13 Å². The van der Waals surface area contributed by atoms with Gasteiger partial charge in [0, 0.05) is 37.5 Å². The molecule has 0 amide bonds. The van der Waals surface area contributed by atoms with Crippen LogP contribution in [0.1, 0.15) is 17.7 Å². The molecule has 0 fully saturated rings. The van der Waals surface area contributed by atoms with Gasteiger partial charge in [0.15, 0.2) is 5.01 Å². The van der Waals surface area contributed by atoms with Gasteiger partial charge in [-0.3, -0.25) is 4.68 Å². The van der Waals surface area contributed by atoms with Crippen molar-refractivity contribution in [2.45, 2.75) is 19.4 Å². The topological polar surface area (TPSA) is 72.9 Å². The van der Waals surface area contributed by atoms with Crippen molar-refractivity contribution >= 4 is 16.5 Å². The summed E-state index contributed by atoms with van der Waals surface area (Å²) in [5.74, 6) is 0. The molecule has 0 aromatic carbocycles. The van der Waals surface area contributed by atoms with Crippen LogP contribution in [-0.4, -0.2) is 31.7 Å². The molecule has 0 atom stereocenters. The molecule has 108 valence electrons. The fourth-order valence-electron chi connectivity index (χ4n) is 2.62. The Kier molecular flexibility index (Phi) is 2.95. The van der Waals surface area contributed by atoms with Crippen molar-refractivity contribution in [1.29, 1.82) is 0 Å². The minimum Gasteiger partial charge on any atom is -0.364 e. The van der Waals surface area contributed by atoms with Crippen LogP contribution in [0.25, 0.3) is 10.7 Å². The summed E-state index contributed by atoms with van der Waals surface area (Å²) in [4.78, 5) is 2.26. The highest BCUT2D eigenvalue weighted by Gasteiger charge is 2.21. The largest absolute Gasteiger partial charge is 0.364 e. The summed E-state index contributed by atoms with van der Waals surface area (Å²) in [5, 5.41) is 18.5. The maximum absolute atomic E-state index is 4.86. The summed E-state index contributed by atoms with van der Waals surface area (Å²) in [5.41, 5.74) is 3.32. The summed E-state index contributed by atoms with van der Waals surface area (Å²) in [6.07, 6.45) is 5.64. The van der Waals surface area contributed by atoms with Crippen LogP contribution in [-0.2, 0) is 20.0 Å². The highest BCUT2D eigenvalue weighted by Crippen LogP contribution is 2.30. The van der Waals surface area contributed by atoms with Crippen molar-refractivity contribution in [2.24, 2.45) is 7.05 Å². The smallest absolute Gasteiger partial charge is 0.208 e. The van der Waals surface area contributed by atoms with E-state index in [0.29, 0.717) is 0 Å². The molecule has 4 heterocycles. The minimum absolute atomic E-state index is 0.732. The van der Waals surface area contributed by atoms with Crippen molar-refractivity contribution < 1.29 is 4.52 Å². The van der Waals surface area contributed by atoms with Gasteiger partial charge in [0.05, 0.1) is 6.20 Å². The molecule has 3 aromatic rings. The maximum atomic E-state index is 4.86. The number of nitrogens with zero attached hydrogens (tertiary/aromatic N) is 6. The zero-order valence-corrected chi connectivity index (χ0v) is 12.4. The van der Waals surface area contributed by atoms with Crippen LogP contribution in [0.3, 0.4) is 0 Å². The molecule has 7 nitrogen and oxygen atoms in total. The van der Waals surface area contributed by atoms with Crippen LogP contribution in [0, 0.1) is 0 Å². The molecule has 1 aliphatic rings. The third-order valence-electron chi connectivity index (χ3n) is 3.69. The average molecular weight is 302 g/mol. The third-order valence-corrected chi connectivity index (χ3v) is 4.70. The van der Waals surface area contributed by atoms with E-state index in [2.05, 4.69) is 25.4 Å². The Morgan fingerprint density at radius 1 is 1.33 bits per heavy atom. The summed E-state index contributed by atoms with van der Waals surface area (Å²) in [7, 11) is 2.00. The number of aromatic nitrogens is 5. The van der Waals surface area contributed by atoms with Gasteiger partial charge in [-0.05, 0) is 12.8 Å². The zero-order chi connectivity index (χ0) is 14.2. The number of anilines is 1. The fourth-order valence-corrected chi connectivity index (χ4v) is 3.45. The summed E-state index contributed by atoms with van der Waals surface area (Å²) < 4.78 is 6.83. The molecule has 0 N–H and O–H groups in total. The van der Waals surface area contributed by atoms with Gasteiger partial charge < -0.3 is 9.42 Å². The van der Waals surface area contributed by atoms with Gasteiger partial charge in [0.1, 0.15) is 12.0 Å². The number of rotatable bonds is 2. The molecule has 0 saturated carbocycles. The second-order valence-electron chi connectivity index (χ2n) is 5.04. The predicted octanol–water partition coefficient (Wildman–Crippen LogP) is 1.88. The first-order chi connectivity index (χ1) is 10.3. The number of fused-ring (bicyclic) bond motifs is 1. The maximum Gasteiger partial charge on any atom is 0.208 e. The first kappa shape index (κ1) is 12.5. The molecule has 1 aliphatic heterocycles. The molecule has 0 bridgehead atoms. The van der Waals surface area contributed by atoms with Crippen molar-refractivity contribution in [3.8, 4) is 10.7 Å². The molecule has 0 spiro atoms. The SMILES string of the molecule is Cn1ncc2c1CCCN(c1nnc(-c3ccon3)s1)C2. The summed E-state index contributed by atoms with van der Waals surface area (Å²) in [6, 6.07) is 1.80. The third kappa shape index (κ3) is 2.21. The highest BCUT2D eigenvalue weighted by molar-refractivity contribution is 7.18. The monoisotopic (exact) mass is 302 g/mol. The predicted molar refractivity (Wildman–Crippen MR) is 78.0 cm³/mol. The van der Waals surface area contributed by atoms with E-state index in [1.165, 1.54) is 11.3 Å². The highest BCUT2D eigenvalue weighted by atomic mass is 32.1. The molecule has 21 heavy (non-hydrogen) atoms. The molecule has 0 radical (unpaired) electrons. The Labute approximate surface area is 125 Å². The van der Waals surface area contributed by atoms with E-state index >= 15 is 0 Å². The Morgan fingerprint density at radius 3 is 3.14 bits per heavy atom. The quantitative estimate of drug-likeness (QED) is 0.719. The van der Waals surface area contributed by atoms with Crippen LogP contribution >= 0.6 is 11.3 Å². The van der Waals surface area contributed by atoms with Crippen molar-refractivity contribution in [2.75, 3.05) is 11.4 Å². The van der Waals surface area contributed by atoms with Gasteiger partial charge in [0.25, 0.3) is 0 Å². The van der Waals surface area contributed by atoms with E-state index in [9.17, 15) is 0 Å². The second-order valence-corrected chi connectivity index (χ2v) is 6.00. The minimum atomic E-state index is 0.732. The van der Waals surface area contributed by atoms with E-state index in [1.54, 1.807) is 23.7 Å². The second kappa shape index (κ2) is 4.96. The van der Waals surface area contributed by atoms with E-state index in [0.717, 1.165) is 41.8 Å². The van der Waals surface area contributed by atoms with Gasteiger partial charge in [-0.1, -0.05) is 16.5 Å². The zero-order valence-electron chi connectivity index (χ0n) is 11.6. The van der Waals surface area contributed by atoms with E-state index in [1.807, 2.05) is 17.9 Å². The lowest BCUT2D eigenvalue weighted by Gasteiger charge is -2.17. The van der Waals surface area contributed by atoms with Crippen LogP contribution in [0.2, 0.25) is 0 Å². The van der Waals surface area contributed by atoms with Crippen molar-refractivity contribution in [1.82, 2.24) is 25.1 Å². The molecule has 0 saturated heterocycles. The molecule has 4 rings (SSSR count). The molecule has 0 unspecified atom stereocenters. The van der Waals surface area contributed by atoms with Gasteiger partial charge in [-0.2, -0.15) is 5.10 Å². The Bertz CT molecular complexity index is 747. The average Bonchev–Trinajstić information content (AvgIpc) is 3.18. The summed E-state index contributed by atoms with van der Waals surface area (Å²) >= 11 is 1.54. The van der Waals surface area contributed by atoms with Gasteiger partial charge in [-0.25, -0.2) is 0 Å². The lowest BCUT2D eigenvalue weighted by molar-refractivity contribution is 0.422. The lowest BCUT2D eigenvalue weighted by Crippen LogP contribution is -2.22. The molecule has 8 heteroatoms. The first-order valence-corrected chi connectivity index (χ1v) is 7.62. The first-order valence-electron chi connectivity index (χ1n) is 6.80. The van der Waals surface area contributed by atoms with E-state index < -0.39 is 0 Å². The van der Waals surface area contributed by atoms with Crippen LogP contribution in [0.4, 0.5) is 5.13 Å². The lowest BCUT2D eigenvalue weighted by atomic mass is 10.2. The van der Waals surface area contributed by atoms with Crippen molar-refractivity contribution in [3.63, 3.8) is 0 Å². The number of hydrogen-bond donors (Lipinski definition) is 0. The van der Waals surface area contributed by atoms with E-state index in [4.69, 9.17) is 4.52 Å². The Hall–Kier alpha value is -2.22. The Morgan fingerprint density at radius 2 is 2.29 bits per heavy atom.